The Balaban J connectivity index is 2.62. The molecule has 0 bridgehead atoms. The summed E-state index contributed by atoms with van der Waals surface area (Å²) >= 11 is 6.11. The molecule has 19 heavy (non-hydrogen) atoms. The lowest BCUT2D eigenvalue weighted by Crippen LogP contribution is -2.19. The molecule has 2 aromatic rings. The average Bonchev–Trinajstić information content (AvgIpc) is 2.77. The van der Waals surface area contributed by atoms with Crippen LogP contribution < -0.4 is 0 Å². The number of aromatic carboxylic acids is 1. The van der Waals surface area contributed by atoms with Gasteiger partial charge in [-0.3, -0.25) is 0 Å². The maximum Gasteiger partial charge on any atom is 0.335 e. The van der Waals surface area contributed by atoms with Gasteiger partial charge >= 0.3 is 5.97 Å². The molecule has 100 valence electrons. The Morgan fingerprint density at radius 3 is 2.63 bits per heavy atom. The third-order valence-corrected chi connectivity index (χ3v) is 2.88. The predicted molar refractivity (Wildman–Crippen MR) is 69.8 cm³/mol. The van der Waals surface area contributed by atoms with Crippen molar-refractivity contribution in [2.24, 2.45) is 0 Å². The van der Waals surface area contributed by atoms with Crippen molar-refractivity contribution < 1.29 is 9.90 Å². The van der Waals surface area contributed by atoms with E-state index in [2.05, 4.69) is 15.5 Å². The molecule has 0 spiro atoms. The van der Waals surface area contributed by atoms with E-state index >= 15 is 0 Å². The standard InChI is InChI=1S/C12H13ClN4O2/c1-12(2,3)11-14-15-16-17(11)9-6-7(10(18)19)4-5-8(9)13/h4-6H,1-3H3,(H,18,19). The van der Waals surface area contributed by atoms with Crippen LogP contribution in [0.5, 0.6) is 0 Å². The number of halogens is 1. The van der Waals surface area contributed by atoms with Crippen LogP contribution in [0.15, 0.2) is 18.2 Å². The van der Waals surface area contributed by atoms with Crippen LogP contribution in [0.4, 0.5) is 0 Å². The average molecular weight is 281 g/mol. The molecule has 0 unspecified atom stereocenters. The van der Waals surface area contributed by atoms with Gasteiger partial charge in [-0.25, -0.2) is 4.79 Å². The van der Waals surface area contributed by atoms with E-state index < -0.39 is 5.97 Å². The molecular formula is C12H13ClN4O2. The molecule has 0 aliphatic rings. The summed E-state index contributed by atoms with van der Waals surface area (Å²) in [5, 5.41) is 20.9. The Morgan fingerprint density at radius 1 is 1.37 bits per heavy atom. The zero-order valence-electron chi connectivity index (χ0n) is 10.8. The number of nitrogens with zero attached hydrogens (tertiary/aromatic N) is 4. The van der Waals surface area contributed by atoms with Crippen LogP contribution in [0.3, 0.4) is 0 Å². The zero-order valence-corrected chi connectivity index (χ0v) is 11.5. The second kappa shape index (κ2) is 4.62. The van der Waals surface area contributed by atoms with E-state index in [9.17, 15) is 4.79 Å². The second-order valence-corrected chi connectivity index (χ2v) is 5.54. The van der Waals surface area contributed by atoms with E-state index in [1.54, 1.807) is 0 Å². The van der Waals surface area contributed by atoms with Gasteiger partial charge in [-0.1, -0.05) is 32.4 Å². The summed E-state index contributed by atoms with van der Waals surface area (Å²) in [6, 6.07) is 4.42. The largest absolute Gasteiger partial charge is 0.478 e. The van der Waals surface area contributed by atoms with Crippen LogP contribution in [0.25, 0.3) is 5.69 Å². The van der Waals surface area contributed by atoms with E-state index in [0.29, 0.717) is 16.5 Å². The number of benzene rings is 1. The van der Waals surface area contributed by atoms with Crippen LogP contribution in [0.2, 0.25) is 5.02 Å². The topological polar surface area (TPSA) is 80.9 Å². The summed E-state index contributed by atoms with van der Waals surface area (Å²) in [7, 11) is 0. The first kappa shape index (κ1) is 13.5. The summed E-state index contributed by atoms with van der Waals surface area (Å²) in [5.41, 5.74) is 0.303. The Hall–Kier alpha value is -1.95. The molecule has 1 heterocycles. The van der Waals surface area contributed by atoms with Crippen LogP contribution in [0, 0.1) is 0 Å². The maximum absolute atomic E-state index is 11.0. The maximum atomic E-state index is 11.0. The van der Waals surface area contributed by atoms with Gasteiger partial charge in [-0.05, 0) is 28.6 Å². The lowest BCUT2D eigenvalue weighted by atomic mass is 9.95. The summed E-state index contributed by atoms with van der Waals surface area (Å²) in [6.07, 6.45) is 0. The quantitative estimate of drug-likeness (QED) is 0.913. The fourth-order valence-electron chi connectivity index (χ4n) is 1.63. The highest BCUT2D eigenvalue weighted by atomic mass is 35.5. The smallest absolute Gasteiger partial charge is 0.335 e. The van der Waals surface area contributed by atoms with Crippen molar-refractivity contribution in [3.05, 3.63) is 34.6 Å². The molecule has 0 radical (unpaired) electrons. The first-order chi connectivity index (χ1) is 8.80. The summed E-state index contributed by atoms with van der Waals surface area (Å²) in [5.74, 6) is -0.416. The van der Waals surface area contributed by atoms with Crippen LogP contribution >= 0.6 is 11.6 Å². The van der Waals surface area contributed by atoms with Gasteiger partial charge < -0.3 is 5.11 Å². The van der Waals surface area contributed by atoms with E-state index in [4.69, 9.17) is 16.7 Å². The number of carbonyl (C=O) groups is 1. The first-order valence-corrected chi connectivity index (χ1v) is 6.00. The number of aromatic nitrogens is 4. The monoisotopic (exact) mass is 280 g/mol. The number of hydrogen-bond acceptors (Lipinski definition) is 4. The molecule has 0 amide bonds. The Labute approximate surface area is 115 Å². The number of hydrogen-bond donors (Lipinski definition) is 1. The van der Waals surface area contributed by atoms with Gasteiger partial charge in [-0.15, -0.1) is 5.10 Å². The van der Waals surface area contributed by atoms with Crippen molar-refractivity contribution in [1.29, 1.82) is 0 Å². The molecule has 1 aromatic carbocycles. The fourth-order valence-corrected chi connectivity index (χ4v) is 1.82. The van der Waals surface area contributed by atoms with Crippen LogP contribution in [-0.4, -0.2) is 31.3 Å². The number of rotatable bonds is 2. The molecule has 0 atom stereocenters. The first-order valence-electron chi connectivity index (χ1n) is 5.63. The third kappa shape index (κ3) is 2.58. The third-order valence-electron chi connectivity index (χ3n) is 2.56. The molecule has 0 fully saturated rings. The minimum absolute atomic E-state index is 0.134. The normalized spacial score (nSPS) is 11.6. The van der Waals surface area contributed by atoms with Crippen molar-refractivity contribution in [2.75, 3.05) is 0 Å². The fraction of sp³-hybridized carbons (Fsp3) is 0.333. The molecule has 0 aliphatic carbocycles. The Morgan fingerprint density at radius 2 is 2.05 bits per heavy atom. The van der Waals surface area contributed by atoms with Crippen LogP contribution in [-0.2, 0) is 5.41 Å². The molecule has 0 aliphatic heterocycles. The Kier molecular flexibility index (Phi) is 3.28. The highest BCUT2D eigenvalue weighted by molar-refractivity contribution is 6.32. The van der Waals surface area contributed by atoms with Gasteiger partial charge in [0.1, 0.15) is 0 Å². The lowest BCUT2D eigenvalue weighted by Gasteiger charge is -2.17. The molecule has 2 rings (SSSR count). The molecule has 7 heteroatoms. The van der Waals surface area contributed by atoms with Crippen LogP contribution in [0.1, 0.15) is 37.0 Å². The second-order valence-electron chi connectivity index (χ2n) is 5.14. The van der Waals surface area contributed by atoms with Gasteiger partial charge in [0.25, 0.3) is 0 Å². The molecule has 0 saturated heterocycles. The molecule has 6 nitrogen and oxygen atoms in total. The zero-order chi connectivity index (χ0) is 14.2. The number of carboxylic acids is 1. The van der Waals surface area contributed by atoms with Crippen molar-refractivity contribution in [2.45, 2.75) is 26.2 Å². The van der Waals surface area contributed by atoms with Crippen molar-refractivity contribution in [3.8, 4) is 5.69 Å². The van der Waals surface area contributed by atoms with Gasteiger partial charge in [0.05, 0.1) is 16.3 Å². The highest BCUT2D eigenvalue weighted by Gasteiger charge is 2.24. The number of tetrazole rings is 1. The van der Waals surface area contributed by atoms with Crippen molar-refractivity contribution >= 4 is 17.6 Å². The van der Waals surface area contributed by atoms with E-state index in [0.717, 1.165) is 0 Å². The minimum Gasteiger partial charge on any atom is -0.478 e. The molecular weight excluding hydrogens is 268 g/mol. The predicted octanol–water partition coefficient (Wildman–Crippen LogP) is 2.31. The van der Waals surface area contributed by atoms with Gasteiger partial charge in [0.15, 0.2) is 5.82 Å². The van der Waals surface area contributed by atoms with Gasteiger partial charge in [-0.2, -0.15) is 4.68 Å². The molecule has 1 aromatic heterocycles. The molecule has 0 saturated carbocycles. The SMILES string of the molecule is CC(C)(C)c1nnnn1-c1cc(C(=O)O)ccc1Cl. The summed E-state index contributed by atoms with van der Waals surface area (Å²) < 4.78 is 1.47. The van der Waals surface area contributed by atoms with Crippen molar-refractivity contribution in [3.63, 3.8) is 0 Å². The Bertz CT molecular complexity index is 631. The van der Waals surface area contributed by atoms with E-state index in [-0.39, 0.29) is 11.0 Å². The summed E-state index contributed by atoms with van der Waals surface area (Å²) in [4.78, 5) is 11.0. The van der Waals surface area contributed by atoms with E-state index in [1.807, 2.05) is 20.8 Å². The molecule has 1 N–H and O–H groups in total. The number of carboxylic acid groups (broad SMARTS) is 1. The van der Waals surface area contributed by atoms with Gasteiger partial charge in [0, 0.05) is 5.41 Å². The van der Waals surface area contributed by atoms with E-state index in [1.165, 1.54) is 22.9 Å². The minimum atomic E-state index is -1.02. The van der Waals surface area contributed by atoms with Crippen molar-refractivity contribution in [1.82, 2.24) is 20.2 Å². The summed E-state index contributed by atoms with van der Waals surface area (Å²) in [6.45, 7) is 5.89. The highest BCUT2D eigenvalue weighted by Crippen LogP contribution is 2.26. The lowest BCUT2D eigenvalue weighted by molar-refractivity contribution is 0.0697. The van der Waals surface area contributed by atoms with Gasteiger partial charge in [0.2, 0.25) is 0 Å².